The lowest BCUT2D eigenvalue weighted by molar-refractivity contribution is -0.171. The molecule has 102 valence electrons. The molecule has 1 saturated carbocycles. The van der Waals surface area contributed by atoms with Crippen LogP contribution in [0.5, 0.6) is 0 Å². The summed E-state index contributed by atoms with van der Waals surface area (Å²) in [5.41, 5.74) is 0. The summed E-state index contributed by atoms with van der Waals surface area (Å²) in [5, 5.41) is 0.683. The van der Waals surface area contributed by atoms with Crippen molar-refractivity contribution in [3.8, 4) is 0 Å². The summed E-state index contributed by atoms with van der Waals surface area (Å²) in [5.74, 6) is -1.37. The van der Waals surface area contributed by atoms with Gasteiger partial charge in [0.15, 0.2) is 0 Å². The number of ether oxygens (including phenoxy) is 2. The van der Waals surface area contributed by atoms with Crippen LogP contribution in [0.3, 0.4) is 0 Å². The highest BCUT2D eigenvalue weighted by molar-refractivity contribution is 6.52. The maximum absolute atomic E-state index is 6.87. The first-order chi connectivity index (χ1) is 9.00. The molecule has 1 spiro atoms. The largest absolute Gasteiger partial charge is 0.344 e. The molecule has 4 aliphatic rings. The highest BCUT2D eigenvalue weighted by Crippen LogP contribution is 2.75. The number of allylic oxidation sites excluding steroid dienone is 4. The van der Waals surface area contributed by atoms with Gasteiger partial charge in [0.05, 0.1) is 23.3 Å². The zero-order chi connectivity index (χ0) is 13.5. The van der Waals surface area contributed by atoms with Gasteiger partial charge in [-0.25, -0.2) is 0 Å². The number of rotatable bonds is 0. The molecular formula is C13H10Cl4O2. The standard InChI is InChI=1S/C13H10Cl4O2/c14-9-10(15)12(17)8-4-2-1-3-7(8)11(9,16)13(12)18-5-6-19-13/h1-4,7-8H,5-6H2. The molecule has 0 amide bonds. The number of halogens is 4. The summed E-state index contributed by atoms with van der Waals surface area (Å²) >= 11 is 26.5. The molecule has 1 heterocycles. The third kappa shape index (κ3) is 1.11. The molecule has 3 aliphatic carbocycles. The van der Waals surface area contributed by atoms with E-state index < -0.39 is 15.5 Å². The topological polar surface area (TPSA) is 18.5 Å². The highest BCUT2D eigenvalue weighted by atomic mass is 35.5. The Morgan fingerprint density at radius 1 is 0.895 bits per heavy atom. The summed E-state index contributed by atoms with van der Waals surface area (Å²) < 4.78 is 11.7. The van der Waals surface area contributed by atoms with Crippen molar-refractivity contribution in [2.24, 2.45) is 11.8 Å². The Morgan fingerprint density at radius 2 is 1.32 bits per heavy atom. The Morgan fingerprint density at radius 3 is 1.74 bits per heavy atom. The normalized spacial score (nSPS) is 49.5. The SMILES string of the molecule is ClC1=C(Cl)C2(Cl)C3C=CC=CC3C1(Cl)C21OCCO1. The van der Waals surface area contributed by atoms with E-state index in [1.165, 1.54) is 0 Å². The summed E-state index contributed by atoms with van der Waals surface area (Å²) in [7, 11) is 0. The fraction of sp³-hybridized carbons (Fsp3) is 0.538. The van der Waals surface area contributed by atoms with E-state index in [4.69, 9.17) is 55.9 Å². The van der Waals surface area contributed by atoms with Gasteiger partial charge in [-0.2, -0.15) is 0 Å². The van der Waals surface area contributed by atoms with Crippen LogP contribution in [0.2, 0.25) is 0 Å². The van der Waals surface area contributed by atoms with Gasteiger partial charge >= 0.3 is 0 Å². The zero-order valence-corrected chi connectivity index (χ0v) is 12.7. The lowest BCUT2D eigenvalue weighted by atomic mass is 9.79. The molecule has 0 radical (unpaired) electrons. The monoisotopic (exact) mass is 338 g/mol. The molecule has 0 aromatic rings. The minimum atomic E-state index is -1.19. The van der Waals surface area contributed by atoms with Gasteiger partial charge in [-0.3, -0.25) is 0 Å². The summed E-state index contributed by atoms with van der Waals surface area (Å²) in [6.45, 7) is 0.869. The Bertz CT molecular complexity index is 507. The molecule has 2 nitrogen and oxygen atoms in total. The first-order valence-electron chi connectivity index (χ1n) is 6.07. The van der Waals surface area contributed by atoms with Crippen molar-refractivity contribution >= 4 is 46.4 Å². The average Bonchev–Trinajstić information content (AvgIpc) is 3.02. The van der Waals surface area contributed by atoms with E-state index in [2.05, 4.69) is 0 Å². The molecule has 19 heavy (non-hydrogen) atoms. The third-order valence-corrected chi connectivity index (χ3v) is 7.18. The maximum Gasteiger partial charge on any atom is 0.219 e. The Balaban J connectivity index is 2.03. The predicted molar refractivity (Wildman–Crippen MR) is 75.8 cm³/mol. The second kappa shape index (κ2) is 3.73. The van der Waals surface area contributed by atoms with Gasteiger partial charge in [0.2, 0.25) is 5.79 Å². The van der Waals surface area contributed by atoms with Crippen molar-refractivity contribution in [2.45, 2.75) is 15.5 Å². The van der Waals surface area contributed by atoms with Crippen LogP contribution in [0.15, 0.2) is 34.4 Å². The van der Waals surface area contributed by atoms with Crippen molar-refractivity contribution < 1.29 is 9.47 Å². The fourth-order valence-corrected chi connectivity index (χ4v) is 5.87. The highest BCUT2D eigenvalue weighted by Gasteiger charge is 2.85. The lowest BCUT2D eigenvalue weighted by Crippen LogP contribution is -2.55. The molecule has 1 aliphatic heterocycles. The summed E-state index contributed by atoms with van der Waals surface area (Å²) in [6, 6.07) is 0. The maximum atomic E-state index is 6.87. The smallest absolute Gasteiger partial charge is 0.219 e. The predicted octanol–water partition coefficient (Wildman–Crippen LogP) is 3.76. The van der Waals surface area contributed by atoms with Crippen molar-refractivity contribution in [1.29, 1.82) is 0 Å². The second-order valence-corrected chi connectivity index (χ2v) is 7.13. The van der Waals surface area contributed by atoms with Crippen molar-refractivity contribution in [3.05, 3.63) is 34.4 Å². The molecule has 1 saturated heterocycles. The molecule has 0 aromatic heterocycles. The van der Waals surface area contributed by atoms with Crippen LogP contribution in [0.4, 0.5) is 0 Å². The van der Waals surface area contributed by atoms with Crippen LogP contribution in [0.1, 0.15) is 0 Å². The van der Waals surface area contributed by atoms with Crippen LogP contribution >= 0.6 is 46.4 Å². The molecule has 2 fully saturated rings. The van der Waals surface area contributed by atoms with Crippen molar-refractivity contribution in [1.82, 2.24) is 0 Å². The van der Waals surface area contributed by atoms with Gasteiger partial charge in [-0.15, -0.1) is 23.2 Å². The minimum absolute atomic E-state index is 0.0928. The molecule has 4 atom stereocenters. The van der Waals surface area contributed by atoms with Crippen molar-refractivity contribution in [3.63, 3.8) is 0 Å². The fourth-order valence-electron chi connectivity index (χ4n) is 3.80. The van der Waals surface area contributed by atoms with Gasteiger partial charge in [0.1, 0.15) is 9.75 Å². The Kier molecular flexibility index (Phi) is 2.55. The Labute approximate surface area is 130 Å². The summed E-state index contributed by atoms with van der Waals surface area (Å²) in [6.07, 6.45) is 7.88. The van der Waals surface area contributed by atoms with Crippen LogP contribution in [-0.4, -0.2) is 28.7 Å². The minimum Gasteiger partial charge on any atom is -0.344 e. The zero-order valence-electron chi connectivity index (χ0n) is 9.71. The number of fused-ring (bicyclic) bond motifs is 3. The molecule has 0 N–H and O–H groups in total. The van der Waals surface area contributed by atoms with E-state index in [0.717, 1.165) is 0 Å². The van der Waals surface area contributed by atoms with Crippen LogP contribution in [0, 0.1) is 11.8 Å². The van der Waals surface area contributed by atoms with E-state index in [1.54, 1.807) is 0 Å². The number of alkyl halides is 2. The average molecular weight is 340 g/mol. The third-order valence-electron chi connectivity index (χ3n) is 4.54. The van der Waals surface area contributed by atoms with E-state index in [-0.39, 0.29) is 11.8 Å². The van der Waals surface area contributed by atoms with Gasteiger partial charge in [0.25, 0.3) is 0 Å². The van der Waals surface area contributed by atoms with Crippen LogP contribution < -0.4 is 0 Å². The molecular weight excluding hydrogens is 330 g/mol. The number of hydrogen-bond acceptors (Lipinski definition) is 2. The van der Waals surface area contributed by atoms with E-state index in [1.807, 2.05) is 24.3 Å². The van der Waals surface area contributed by atoms with Gasteiger partial charge in [0, 0.05) is 11.8 Å². The van der Waals surface area contributed by atoms with E-state index in [0.29, 0.717) is 23.3 Å². The van der Waals surface area contributed by atoms with Gasteiger partial charge in [-0.1, -0.05) is 47.5 Å². The van der Waals surface area contributed by atoms with Crippen molar-refractivity contribution in [2.75, 3.05) is 13.2 Å². The summed E-state index contributed by atoms with van der Waals surface area (Å²) in [4.78, 5) is -2.12. The van der Waals surface area contributed by atoms with Crippen LogP contribution in [0.25, 0.3) is 0 Å². The number of hydrogen-bond donors (Lipinski definition) is 0. The lowest BCUT2D eigenvalue weighted by Gasteiger charge is -2.38. The Hall–Kier alpha value is 0.300. The quantitative estimate of drug-likeness (QED) is 0.625. The first-order valence-corrected chi connectivity index (χ1v) is 7.58. The van der Waals surface area contributed by atoms with Gasteiger partial charge in [-0.05, 0) is 0 Å². The van der Waals surface area contributed by atoms with E-state index in [9.17, 15) is 0 Å². The molecule has 2 bridgehead atoms. The molecule has 4 rings (SSSR count). The molecule has 4 unspecified atom stereocenters. The second-order valence-electron chi connectivity index (χ2n) is 5.19. The first kappa shape index (κ1) is 13.0. The molecule has 0 aromatic carbocycles. The van der Waals surface area contributed by atoms with Gasteiger partial charge < -0.3 is 9.47 Å². The van der Waals surface area contributed by atoms with E-state index >= 15 is 0 Å². The molecule has 6 heteroatoms. The van der Waals surface area contributed by atoms with Crippen LogP contribution in [-0.2, 0) is 9.47 Å².